The van der Waals surface area contributed by atoms with E-state index in [-0.39, 0.29) is 34.9 Å². The third-order valence-electron chi connectivity index (χ3n) is 6.23. The first kappa shape index (κ1) is 19.5. The van der Waals surface area contributed by atoms with Crippen LogP contribution in [0.2, 0.25) is 0 Å². The normalized spacial score (nSPS) is 21.9. The Morgan fingerprint density at radius 2 is 1.94 bits per heavy atom. The molecular weight excluding hydrogens is 410 g/mol. The maximum atomic E-state index is 13.5. The number of benzene rings is 2. The van der Waals surface area contributed by atoms with Gasteiger partial charge in [0.25, 0.3) is 5.69 Å². The van der Waals surface area contributed by atoms with E-state index in [0.29, 0.717) is 35.5 Å². The van der Waals surface area contributed by atoms with Gasteiger partial charge in [-0.2, -0.15) is 5.26 Å². The number of nitro groups is 1. The molecule has 2 aliphatic heterocycles. The summed E-state index contributed by atoms with van der Waals surface area (Å²) in [4.78, 5) is 39.1. The average molecular weight is 427 g/mol. The van der Waals surface area contributed by atoms with Crippen molar-refractivity contribution >= 4 is 28.8 Å². The number of carbonyl (C=O) groups is 2. The van der Waals surface area contributed by atoms with Gasteiger partial charge in [-0.05, 0) is 25.0 Å². The lowest BCUT2D eigenvalue weighted by atomic mass is 9.64. The summed E-state index contributed by atoms with van der Waals surface area (Å²) in [5.74, 6) is -0.762. The number of non-ortho nitro benzene ring substituents is 1. The maximum Gasteiger partial charge on any atom is 0.271 e. The lowest BCUT2D eigenvalue weighted by Crippen LogP contribution is -2.50. The smallest absolute Gasteiger partial charge is 0.271 e. The van der Waals surface area contributed by atoms with E-state index in [2.05, 4.69) is 11.4 Å². The number of hydrogen-bond donors (Lipinski definition) is 2. The highest BCUT2D eigenvalue weighted by Gasteiger charge is 2.60. The molecule has 158 valence electrons. The number of nitrogens with zero attached hydrogens (tertiary/aromatic N) is 3. The number of Topliss-reactive ketones (excluding diaryl/α,β-unsaturated/α-hetero) is 1. The van der Waals surface area contributed by atoms with Crippen molar-refractivity contribution in [1.82, 2.24) is 0 Å². The fourth-order valence-electron chi connectivity index (χ4n) is 4.99. The van der Waals surface area contributed by atoms with Gasteiger partial charge < -0.3 is 11.1 Å². The molecule has 0 radical (unpaired) electrons. The van der Waals surface area contributed by atoms with Crippen molar-refractivity contribution in [3.63, 3.8) is 0 Å². The second-order valence-corrected chi connectivity index (χ2v) is 7.83. The van der Waals surface area contributed by atoms with Crippen molar-refractivity contribution in [1.29, 1.82) is 5.26 Å². The van der Waals surface area contributed by atoms with Gasteiger partial charge in [0.15, 0.2) is 5.78 Å². The van der Waals surface area contributed by atoms with Gasteiger partial charge in [0.05, 0.1) is 16.2 Å². The van der Waals surface area contributed by atoms with Crippen LogP contribution in [0.25, 0.3) is 0 Å². The molecule has 1 atom stereocenters. The summed E-state index contributed by atoms with van der Waals surface area (Å²) >= 11 is 0. The number of fused-ring (bicyclic) bond motifs is 3. The van der Waals surface area contributed by atoms with Crippen molar-refractivity contribution in [3.8, 4) is 6.07 Å². The van der Waals surface area contributed by atoms with Gasteiger partial charge in [0.1, 0.15) is 17.3 Å². The van der Waals surface area contributed by atoms with Crippen molar-refractivity contribution in [2.75, 3.05) is 10.2 Å². The highest BCUT2D eigenvalue weighted by atomic mass is 16.6. The SMILES string of the molecule is N#CC1=C(N)N(c2cccc([N+](=O)[O-])c2)C2=C(C(=O)CCC2)C12C(=O)Nc1ccccc12. The van der Waals surface area contributed by atoms with Crippen LogP contribution >= 0.6 is 0 Å². The minimum atomic E-state index is -1.64. The van der Waals surface area contributed by atoms with Gasteiger partial charge >= 0.3 is 0 Å². The second kappa shape index (κ2) is 6.78. The molecular formula is C23H17N5O4. The topological polar surface area (TPSA) is 142 Å². The highest BCUT2D eigenvalue weighted by molar-refractivity contribution is 6.19. The van der Waals surface area contributed by atoms with Gasteiger partial charge in [0.2, 0.25) is 5.91 Å². The molecule has 3 aliphatic rings. The Morgan fingerprint density at radius 3 is 2.69 bits per heavy atom. The Morgan fingerprint density at radius 1 is 1.16 bits per heavy atom. The summed E-state index contributed by atoms with van der Waals surface area (Å²) in [6.45, 7) is 0. The number of allylic oxidation sites excluding steroid dienone is 1. The van der Waals surface area contributed by atoms with Gasteiger partial charge in [-0.25, -0.2) is 0 Å². The van der Waals surface area contributed by atoms with Gasteiger partial charge in [-0.1, -0.05) is 24.3 Å². The zero-order valence-electron chi connectivity index (χ0n) is 16.8. The third kappa shape index (κ3) is 2.37. The lowest BCUT2D eigenvalue weighted by Gasteiger charge is -2.43. The van der Waals surface area contributed by atoms with Crippen molar-refractivity contribution in [2.45, 2.75) is 24.7 Å². The van der Waals surface area contributed by atoms with Crippen LogP contribution in [0, 0.1) is 21.4 Å². The fraction of sp³-hybridized carbons (Fsp3) is 0.174. The minimum Gasteiger partial charge on any atom is -0.384 e. The largest absolute Gasteiger partial charge is 0.384 e. The molecule has 5 rings (SSSR count). The van der Waals surface area contributed by atoms with Crippen LogP contribution < -0.4 is 16.0 Å². The molecule has 0 fully saturated rings. The number of hydrogen-bond acceptors (Lipinski definition) is 7. The lowest BCUT2D eigenvalue weighted by molar-refractivity contribution is -0.384. The van der Waals surface area contributed by atoms with Crippen LogP contribution in [0.1, 0.15) is 24.8 Å². The fourth-order valence-corrected chi connectivity index (χ4v) is 4.99. The molecule has 1 aliphatic carbocycles. The van der Waals surface area contributed by atoms with Crippen molar-refractivity contribution in [3.05, 3.63) is 86.9 Å². The van der Waals surface area contributed by atoms with Crippen LogP contribution in [-0.4, -0.2) is 16.6 Å². The quantitative estimate of drug-likeness (QED) is 0.554. The molecule has 3 N–H and O–H groups in total. The number of para-hydroxylation sites is 1. The first-order valence-corrected chi connectivity index (χ1v) is 10.0. The molecule has 32 heavy (non-hydrogen) atoms. The van der Waals surface area contributed by atoms with Crippen LogP contribution in [0.3, 0.4) is 0 Å². The van der Waals surface area contributed by atoms with Crippen LogP contribution in [0.15, 0.2) is 71.2 Å². The number of ketones is 1. The number of nitrogens with one attached hydrogen (secondary N) is 1. The molecule has 9 heteroatoms. The van der Waals surface area contributed by atoms with E-state index >= 15 is 0 Å². The van der Waals surface area contributed by atoms with E-state index < -0.39 is 16.2 Å². The number of anilines is 2. The summed E-state index contributed by atoms with van der Waals surface area (Å²) in [6, 6.07) is 14.8. The maximum absolute atomic E-state index is 13.5. The number of nitriles is 1. The van der Waals surface area contributed by atoms with E-state index in [1.165, 1.54) is 23.1 Å². The molecule has 0 saturated heterocycles. The Balaban J connectivity index is 1.86. The summed E-state index contributed by atoms with van der Waals surface area (Å²) < 4.78 is 0. The number of amides is 1. The van der Waals surface area contributed by atoms with Gasteiger partial charge in [-0.3, -0.25) is 24.6 Å². The molecule has 2 aromatic rings. The number of nitrogens with two attached hydrogens (primary N) is 1. The number of carbonyl (C=O) groups excluding carboxylic acids is 2. The molecule has 1 unspecified atom stereocenters. The van der Waals surface area contributed by atoms with Gasteiger partial charge in [-0.15, -0.1) is 0 Å². The molecule has 2 heterocycles. The summed E-state index contributed by atoms with van der Waals surface area (Å²) in [6.07, 6.45) is 1.20. The van der Waals surface area contributed by atoms with Gasteiger partial charge in [0, 0.05) is 41.1 Å². The monoisotopic (exact) mass is 427 g/mol. The Kier molecular flexibility index (Phi) is 4.14. The van der Waals surface area contributed by atoms with Crippen LogP contribution in [0.4, 0.5) is 17.1 Å². The van der Waals surface area contributed by atoms with Crippen molar-refractivity contribution in [2.24, 2.45) is 5.73 Å². The molecule has 0 aromatic heterocycles. The third-order valence-corrected chi connectivity index (χ3v) is 6.23. The van der Waals surface area contributed by atoms with E-state index in [4.69, 9.17) is 5.73 Å². The zero-order valence-corrected chi connectivity index (χ0v) is 16.8. The first-order valence-electron chi connectivity index (χ1n) is 10.0. The van der Waals surface area contributed by atoms with E-state index in [1.54, 1.807) is 30.3 Å². The summed E-state index contributed by atoms with van der Waals surface area (Å²) in [5, 5.41) is 24.3. The first-order chi connectivity index (χ1) is 15.4. The Labute approximate surface area is 182 Å². The molecule has 9 nitrogen and oxygen atoms in total. The molecule has 2 aromatic carbocycles. The number of rotatable bonds is 2. The molecule has 1 amide bonds. The predicted molar refractivity (Wildman–Crippen MR) is 115 cm³/mol. The Hall–Kier alpha value is -4.45. The minimum absolute atomic E-state index is 0.0201. The van der Waals surface area contributed by atoms with E-state index in [9.17, 15) is 25.0 Å². The Bertz CT molecular complexity index is 1340. The highest BCUT2D eigenvalue weighted by Crippen LogP contribution is 2.55. The summed E-state index contributed by atoms with van der Waals surface area (Å²) in [7, 11) is 0. The van der Waals surface area contributed by atoms with Crippen molar-refractivity contribution < 1.29 is 14.5 Å². The molecule has 1 spiro atoms. The van der Waals surface area contributed by atoms with Crippen LogP contribution in [-0.2, 0) is 15.0 Å². The summed E-state index contributed by atoms with van der Waals surface area (Å²) in [5.41, 5.74) is 6.73. The molecule has 0 saturated carbocycles. The standard InChI is InChI=1S/C23H17N5O4/c24-12-16-21(25)27(13-5-3-6-14(11-13)28(31)32)18-9-4-10-19(29)20(18)23(16)15-7-1-2-8-17(15)26-22(23)30/h1-3,5-8,11H,4,9-10,25H2,(H,26,30). The van der Waals surface area contributed by atoms with E-state index in [1.807, 2.05) is 0 Å². The second-order valence-electron chi connectivity index (χ2n) is 7.83. The molecule has 0 bridgehead atoms. The number of nitro benzene ring substituents is 1. The van der Waals surface area contributed by atoms with Crippen LogP contribution in [0.5, 0.6) is 0 Å². The zero-order chi connectivity index (χ0) is 22.6. The predicted octanol–water partition coefficient (Wildman–Crippen LogP) is 3.01. The average Bonchev–Trinajstić information content (AvgIpc) is 3.06. The van der Waals surface area contributed by atoms with E-state index in [0.717, 1.165) is 0 Å².